The van der Waals surface area contributed by atoms with Gasteiger partial charge in [0, 0.05) is 31.2 Å². The van der Waals surface area contributed by atoms with Crippen LogP contribution in [-0.2, 0) is 12.6 Å². The lowest BCUT2D eigenvalue weighted by Crippen LogP contribution is -2.08. The Bertz CT molecular complexity index is 1210. The van der Waals surface area contributed by atoms with E-state index >= 15 is 0 Å². The summed E-state index contributed by atoms with van der Waals surface area (Å²) >= 11 is 0. The number of fused-ring (bicyclic) bond motifs is 1. The molecule has 0 unspecified atom stereocenters. The smallest absolute Gasteiger partial charge is 0.416 e. The first-order valence-electron chi connectivity index (χ1n) is 9.36. The number of benzene rings is 1. The highest BCUT2D eigenvalue weighted by molar-refractivity contribution is 5.81. The van der Waals surface area contributed by atoms with Gasteiger partial charge in [-0.2, -0.15) is 13.2 Å². The zero-order valence-electron chi connectivity index (χ0n) is 16.4. The van der Waals surface area contributed by atoms with Crippen molar-refractivity contribution in [1.82, 2.24) is 24.9 Å². The maximum atomic E-state index is 12.9. The molecule has 3 heterocycles. The largest absolute Gasteiger partial charge is 0.439 e. The number of aromatic nitrogens is 5. The number of nitrogens with one attached hydrogen (secondary N) is 1. The van der Waals surface area contributed by atoms with Crippen LogP contribution in [0, 0.1) is 6.92 Å². The fraction of sp³-hybridized carbons (Fsp3) is 0.190. The second kappa shape index (κ2) is 8.50. The molecule has 1 N–H and O–H groups in total. The molecule has 0 amide bonds. The summed E-state index contributed by atoms with van der Waals surface area (Å²) in [6.45, 7) is 2.42. The summed E-state index contributed by atoms with van der Waals surface area (Å²) in [4.78, 5) is 20.5. The molecular formula is C21H17F3N6O. The second-order valence-electron chi connectivity index (χ2n) is 6.71. The van der Waals surface area contributed by atoms with Crippen molar-refractivity contribution in [2.24, 2.45) is 0 Å². The Hall–Kier alpha value is -3.82. The molecule has 3 aromatic heterocycles. The summed E-state index contributed by atoms with van der Waals surface area (Å²) in [5.41, 5.74) is 2.12. The van der Waals surface area contributed by atoms with Gasteiger partial charge in [-0.1, -0.05) is 12.1 Å². The predicted molar refractivity (Wildman–Crippen MR) is 108 cm³/mol. The molecule has 0 radical (unpaired) electrons. The van der Waals surface area contributed by atoms with Crippen LogP contribution >= 0.6 is 0 Å². The molecule has 0 spiro atoms. The topological polar surface area (TPSA) is 85.7 Å². The van der Waals surface area contributed by atoms with Gasteiger partial charge in [0.2, 0.25) is 5.88 Å². The van der Waals surface area contributed by atoms with Gasteiger partial charge in [0.25, 0.3) is 0 Å². The number of nitrogens with zero attached hydrogens (tertiary/aromatic N) is 5. The highest BCUT2D eigenvalue weighted by atomic mass is 19.4. The van der Waals surface area contributed by atoms with Crippen LogP contribution in [0.3, 0.4) is 0 Å². The van der Waals surface area contributed by atoms with Gasteiger partial charge in [0.15, 0.2) is 11.5 Å². The Balaban J connectivity index is 1.41. The molecule has 0 bridgehead atoms. The molecule has 158 valence electrons. The zero-order valence-corrected chi connectivity index (χ0v) is 16.4. The third-order valence-corrected chi connectivity index (χ3v) is 4.49. The Morgan fingerprint density at radius 2 is 1.77 bits per heavy atom. The summed E-state index contributed by atoms with van der Waals surface area (Å²) < 4.78 is 44.1. The molecule has 4 rings (SSSR count). The van der Waals surface area contributed by atoms with E-state index in [1.54, 1.807) is 18.5 Å². The Kier molecular flexibility index (Phi) is 5.61. The van der Waals surface area contributed by atoms with E-state index in [9.17, 15) is 13.2 Å². The van der Waals surface area contributed by atoms with Crippen LogP contribution in [0.15, 0.2) is 55.2 Å². The van der Waals surface area contributed by atoms with Crippen LogP contribution in [0.1, 0.15) is 16.7 Å². The van der Waals surface area contributed by atoms with E-state index in [0.29, 0.717) is 35.7 Å². The summed E-state index contributed by atoms with van der Waals surface area (Å²) in [6.07, 6.45) is 1.90. The van der Waals surface area contributed by atoms with Crippen molar-refractivity contribution >= 4 is 17.0 Å². The van der Waals surface area contributed by atoms with E-state index in [2.05, 4.69) is 30.2 Å². The first-order valence-corrected chi connectivity index (χ1v) is 9.36. The van der Waals surface area contributed by atoms with Gasteiger partial charge in [0.1, 0.15) is 17.6 Å². The molecule has 7 nitrogen and oxygen atoms in total. The van der Waals surface area contributed by atoms with Crippen molar-refractivity contribution in [3.63, 3.8) is 0 Å². The van der Waals surface area contributed by atoms with Crippen LogP contribution in [0.2, 0.25) is 0 Å². The third-order valence-electron chi connectivity index (χ3n) is 4.49. The van der Waals surface area contributed by atoms with Gasteiger partial charge in [-0.15, -0.1) is 0 Å². The highest BCUT2D eigenvalue weighted by Gasteiger charge is 2.31. The SMILES string of the molecule is Cc1cc(CCNc2ncnc3nccnc23)ccc1Oc1cc(C(F)(F)F)ccn1. The fourth-order valence-corrected chi connectivity index (χ4v) is 2.98. The lowest BCUT2D eigenvalue weighted by molar-refractivity contribution is -0.137. The molecule has 1 aromatic carbocycles. The van der Waals surface area contributed by atoms with Crippen LogP contribution in [0.5, 0.6) is 11.6 Å². The number of anilines is 1. The lowest BCUT2D eigenvalue weighted by Gasteiger charge is -2.12. The van der Waals surface area contributed by atoms with Gasteiger partial charge in [0.05, 0.1) is 5.56 Å². The number of ether oxygens (including phenoxy) is 1. The van der Waals surface area contributed by atoms with Crippen molar-refractivity contribution in [2.75, 3.05) is 11.9 Å². The van der Waals surface area contributed by atoms with Crippen molar-refractivity contribution in [3.8, 4) is 11.6 Å². The summed E-state index contributed by atoms with van der Waals surface area (Å²) in [5, 5.41) is 3.23. The molecule has 10 heteroatoms. The summed E-state index contributed by atoms with van der Waals surface area (Å²) in [7, 11) is 0. The molecule has 0 fully saturated rings. The molecule has 0 aliphatic heterocycles. The minimum Gasteiger partial charge on any atom is -0.439 e. The lowest BCUT2D eigenvalue weighted by atomic mass is 10.1. The van der Waals surface area contributed by atoms with Crippen LogP contribution in [0.25, 0.3) is 11.2 Å². The predicted octanol–water partition coefficient (Wildman–Crippen LogP) is 4.59. The van der Waals surface area contributed by atoms with Gasteiger partial charge < -0.3 is 10.1 Å². The minimum atomic E-state index is -4.45. The molecule has 31 heavy (non-hydrogen) atoms. The van der Waals surface area contributed by atoms with Crippen molar-refractivity contribution in [1.29, 1.82) is 0 Å². The van der Waals surface area contributed by atoms with Gasteiger partial charge >= 0.3 is 6.18 Å². The molecule has 0 aliphatic carbocycles. The number of alkyl halides is 3. The molecule has 0 saturated heterocycles. The van der Waals surface area contributed by atoms with E-state index in [1.165, 1.54) is 6.33 Å². The van der Waals surface area contributed by atoms with E-state index in [-0.39, 0.29) is 5.88 Å². The van der Waals surface area contributed by atoms with E-state index in [4.69, 9.17) is 4.74 Å². The standard InChI is InChI=1S/C21H17F3N6O/c1-13-10-14(4-6-27-19-18-20(30-12-29-19)28-9-8-26-18)2-3-16(13)31-17-11-15(5-7-25-17)21(22,23)24/h2-3,5,7-12H,4,6H2,1H3,(H,27,28,29,30). The quantitative estimate of drug-likeness (QED) is 0.483. The van der Waals surface area contributed by atoms with Gasteiger partial charge in [-0.3, -0.25) is 0 Å². The van der Waals surface area contributed by atoms with Crippen molar-refractivity contribution < 1.29 is 17.9 Å². The number of pyridine rings is 1. The maximum Gasteiger partial charge on any atom is 0.416 e. The number of halogens is 3. The van der Waals surface area contributed by atoms with E-state index in [0.717, 1.165) is 29.5 Å². The zero-order chi connectivity index (χ0) is 21.8. The van der Waals surface area contributed by atoms with E-state index in [1.807, 2.05) is 19.1 Å². The molecule has 4 aromatic rings. The third kappa shape index (κ3) is 4.85. The first kappa shape index (κ1) is 20.5. The normalized spacial score (nSPS) is 11.5. The monoisotopic (exact) mass is 426 g/mol. The fourth-order valence-electron chi connectivity index (χ4n) is 2.98. The number of aryl methyl sites for hydroxylation is 1. The van der Waals surface area contributed by atoms with Gasteiger partial charge in [-0.25, -0.2) is 24.9 Å². The minimum absolute atomic E-state index is 0.107. The first-order chi connectivity index (χ1) is 14.9. The van der Waals surface area contributed by atoms with Crippen LogP contribution in [-0.4, -0.2) is 31.5 Å². The molecule has 0 saturated carbocycles. The maximum absolute atomic E-state index is 12.9. The Morgan fingerprint density at radius 1 is 0.935 bits per heavy atom. The summed E-state index contributed by atoms with van der Waals surface area (Å²) in [6, 6.07) is 7.28. The highest BCUT2D eigenvalue weighted by Crippen LogP contribution is 2.32. The Morgan fingerprint density at radius 3 is 2.58 bits per heavy atom. The van der Waals surface area contributed by atoms with Crippen LogP contribution in [0.4, 0.5) is 19.0 Å². The van der Waals surface area contributed by atoms with E-state index < -0.39 is 11.7 Å². The molecule has 0 aliphatic rings. The van der Waals surface area contributed by atoms with Crippen molar-refractivity contribution in [3.05, 3.63) is 71.9 Å². The van der Waals surface area contributed by atoms with Gasteiger partial charge in [-0.05, 0) is 36.6 Å². The summed E-state index contributed by atoms with van der Waals surface area (Å²) in [5.74, 6) is 0.940. The average Bonchev–Trinajstić information content (AvgIpc) is 2.75. The number of rotatable bonds is 6. The second-order valence-corrected chi connectivity index (χ2v) is 6.71. The number of hydrogen-bond acceptors (Lipinski definition) is 7. The van der Waals surface area contributed by atoms with Crippen LogP contribution < -0.4 is 10.1 Å². The molecular weight excluding hydrogens is 409 g/mol. The van der Waals surface area contributed by atoms with Crippen molar-refractivity contribution in [2.45, 2.75) is 19.5 Å². The molecule has 0 atom stereocenters. The Labute approximate surface area is 175 Å². The number of hydrogen-bond donors (Lipinski definition) is 1. The average molecular weight is 426 g/mol.